The highest BCUT2D eigenvalue weighted by atomic mass is 127. The van der Waals surface area contributed by atoms with E-state index >= 15 is 0 Å². The quantitative estimate of drug-likeness (QED) is 0.816. The molecule has 0 fully saturated rings. The number of nitrogens with zero attached hydrogens (tertiary/aromatic N) is 2. The highest BCUT2D eigenvalue weighted by Crippen LogP contribution is 2.19. The second-order valence-corrected chi connectivity index (χ2v) is 5.03. The summed E-state index contributed by atoms with van der Waals surface area (Å²) in [7, 11) is 0. The van der Waals surface area contributed by atoms with Gasteiger partial charge in [0.1, 0.15) is 12.1 Å². The summed E-state index contributed by atoms with van der Waals surface area (Å²) in [5, 5.41) is 3.16. The summed E-state index contributed by atoms with van der Waals surface area (Å²) in [6.07, 6.45) is 3.42. The van der Waals surface area contributed by atoms with Gasteiger partial charge in [-0.25, -0.2) is 9.97 Å². The van der Waals surface area contributed by atoms with Gasteiger partial charge in [-0.3, -0.25) is 4.79 Å². The van der Waals surface area contributed by atoms with Crippen molar-refractivity contribution in [2.45, 2.75) is 25.8 Å². The first-order valence-electron chi connectivity index (χ1n) is 4.43. The molecule has 5 nitrogen and oxygen atoms in total. The molecule has 0 radical (unpaired) electrons. The van der Waals surface area contributed by atoms with Crippen molar-refractivity contribution >= 4 is 34.3 Å². The third-order valence-corrected chi connectivity index (χ3v) is 2.53. The number of hydrogen-bond donors (Lipinski definition) is 2. The largest absolute Gasteiger partial charge is 0.370 e. The molecule has 0 aliphatic carbocycles. The number of hydrogen-bond acceptors (Lipinski definition) is 4. The predicted molar refractivity (Wildman–Crippen MR) is 66.3 cm³/mol. The van der Waals surface area contributed by atoms with E-state index in [2.05, 4.69) is 37.9 Å². The standard InChI is InChI=1S/C9H13IN4O/c1-9(2,3-7(11)15)14-8-6(10)4-12-5-13-8/h4-5H,3H2,1-2H3,(H2,11,15)(H,12,13,14). The second-order valence-electron chi connectivity index (χ2n) is 3.87. The fourth-order valence-electron chi connectivity index (χ4n) is 1.20. The van der Waals surface area contributed by atoms with Crippen molar-refractivity contribution in [3.8, 4) is 0 Å². The summed E-state index contributed by atoms with van der Waals surface area (Å²) in [5.74, 6) is 0.383. The Kier molecular flexibility index (Phi) is 3.83. The van der Waals surface area contributed by atoms with E-state index in [9.17, 15) is 4.79 Å². The molecule has 0 aliphatic heterocycles. The lowest BCUT2D eigenvalue weighted by atomic mass is 10.0. The Morgan fingerprint density at radius 1 is 1.67 bits per heavy atom. The Bertz CT molecular complexity index is 367. The zero-order valence-electron chi connectivity index (χ0n) is 8.62. The molecule has 0 aliphatic rings. The van der Waals surface area contributed by atoms with Crippen LogP contribution in [0, 0.1) is 3.57 Å². The Morgan fingerprint density at radius 2 is 2.33 bits per heavy atom. The summed E-state index contributed by atoms with van der Waals surface area (Å²) in [4.78, 5) is 18.8. The first-order chi connectivity index (χ1) is 6.91. The van der Waals surface area contributed by atoms with Crippen molar-refractivity contribution in [3.63, 3.8) is 0 Å². The molecule has 6 heteroatoms. The molecule has 0 aromatic carbocycles. The number of halogens is 1. The van der Waals surface area contributed by atoms with E-state index in [0.29, 0.717) is 0 Å². The number of anilines is 1. The van der Waals surface area contributed by atoms with Crippen LogP contribution in [0.4, 0.5) is 5.82 Å². The van der Waals surface area contributed by atoms with Gasteiger partial charge in [0.25, 0.3) is 0 Å². The number of aromatic nitrogens is 2. The molecule has 1 heterocycles. The molecule has 1 aromatic heterocycles. The van der Waals surface area contributed by atoms with Gasteiger partial charge >= 0.3 is 0 Å². The van der Waals surface area contributed by atoms with E-state index in [1.807, 2.05) is 13.8 Å². The fourth-order valence-corrected chi connectivity index (χ4v) is 1.64. The van der Waals surface area contributed by atoms with E-state index < -0.39 is 5.54 Å². The van der Waals surface area contributed by atoms with Crippen LogP contribution in [0.15, 0.2) is 12.5 Å². The molecule has 1 amide bonds. The third-order valence-electron chi connectivity index (χ3n) is 1.74. The zero-order valence-corrected chi connectivity index (χ0v) is 10.8. The number of primary amides is 1. The maximum absolute atomic E-state index is 10.8. The Hall–Kier alpha value is -0.920. The van der Waals surface area contributed by atoms with Gasteiger partial charge in [-0.1, -0.05) is 0 Å². The van der Waals surface area contributed by atoms with E-state index in [1.165, 1.54) is 6.33 Å². The lowest BCUT2D eigenvalue weighted by Gasteiger charge is -2.25. The Labute approximate surface area is 102 Å². The smallest absolute Gasteiger partial charge is 0.219 e. The van der Waals surface area contributed by atoms with E-state index in [4.69, 9.17) is 5.73 Å². The van der Waals surface area contributed by atoms with Gasteiger partial charge in [0.2, 0.25) is 5.91 Å². The predicted octanol–water partition coefficient (Wildman–Crippen LogP) is 1.15. The van der Waals surface area contributed by atoms with Crippen molar-refractivity contribution < 1.29 is 4.79 Å². The van der Waals surface area contributed by atoms with Gasteiger partial charge in [0, 0.05) is 18.2 Å². The summed E-state index contributed by atoms with van der Waals surface area (Å²) in [6, 6.07) is 0. The molecule has 1 aromatic rings. The van der Waals surface area contributed by atoms with Crippen LogP contribution in [-0.4, -0.2) is 21.4 Å². The molecule has 82 valence electrons. The van der Waals surface area contributed by atoms with Crippen molar-refractivity contribution in [2.24, 2.45) is 5.73 Å². The molecular weight excluding hydrogens is 307 g/mol. The van der Waals surface area contributed by atoms with E-state index in [1.54, 1.807) is 6.20 Å². The third kappa shape index (κ3) is 3.98. The van der Waals surface area contributed by atoms with Crippen LogP contribution in [-0.2, 0) is 4.79 Å². The summed E-state index contributed by atoms with van der Waals surface area (Å²) in [6.45, 7) is 3.80. The van der Waals surface area contributed by atoms with Crippen LogP contribution < -0.4 is 11.1 Å². The summed E-state index contributed by atoms with van der Waals surface area (Å²) in [5.41, 5.74) is 4.75. The topological polar surface area (TPSA) is 80.9 Å². The lowest BCUT2D eigenvalue weighted by Crippen LogP contribution is -2.36. The van der Waals surface area contributed by atoms with Gasteiger partial charge in [0.15, 0.2) is 0 Å². The van der Waals surface area contributed by atoms with Crippen molar-refractivity contribution in [2.75, 3.05) is 5.32 Å². The minimum atomic E-state index is -0.403. The highest BCUT2D eigenvalue weighted by Gasteiger charge is 2.21. The molecule has 0 saturated carbocycles. The van der Waals surface area contributed by atoms with Gasteiger partial charge in [0.05, 0.1) is 3.57 Å². The Balaban J connectivity index is 2.77. The maximum Gasteiger partial charge on any atom is 0.219 e. The van der Waals surface area contributed by atoms with Crippen LogP contribution >= 0.6 is 22.6 Å². The first-order valence-corrected chi connectivity index (χ1v) is 5.50. The molecule has 0 spiro atoms. The maximum atomic E-state index is 10.8. The summed E-state index contributed by atoms with van der Waals surface area (Å²) < 4.78 is 0.910. The Morgan fingerprint density at radius 3 is 2.87 bits per heavy atom. The fraction of sp³-hybridized carbons (Fsp3) is 0.444. The molecule has 0 bridgehead atoms. The van der Waals surface area contributed by atoms with E-state index in [0.717, 1.165) is 9.39 Å². The number of carbonyl (C=O) groups is 1. The number of carbonyl (C=O) groups excluding carboxylic acids is 1. The van der Waals surface area contributed by atoms with Gasteiger partial charge in [-0.05, 0) is 36.4 Å². The average Bonchev–Trinajstić information content (AvgIpc) is 2.06. The SMILES string of the molecule is CC(C)(CC(N)=O)Nc1ncncc1I. The first kappa shape index (κ1) is 12.2. The van der Waals surface area contributed by atoms with Crippen LogP contribution in [0.3, 0.4) is 0 Å². The molecule has 1 rings (SSSR count). The molecule has 3 N–H and O–H groups in total. The van der Waals surface area contributed by atoms with Gasteiger partial charge in [-0.15, -0.1) is 0 Å². The van der Waals surface area contributed by atoms with Crippen molar-refractivity contribution in [1.29, 1.82) is 0 Å². The molecule has 15 heavy (non-hydrogen) atoms. The van der Waals surface area contributed by atoms with Gasteiger partial charge in [-0.2, -0.15) is 0 Å². The van der Waals surface area contributed by atoms with Gasteiger partial charge < -0.3 is 11.1 Å². The molecule has 0 saturated heterocycles. The molecule has 0 unspecified atom stereocenters. The highest BCUT2D eigenvalue weighted by molar-refractivity contribution is 14.1. The number of amides is 1. The van der Waals surface area contributed by atoms with E-state index in [-0.39, 0.29) is 12.3 Å². The number of nitrogens with one attached hydrogen (secondary N) is 1. The van der Waals surface area contributed by atoms with Crippen molar-refractivity contribution in [3.05, 3.63) is 16.1 Å². The second kappa shape index (κ2) is 4.73. The van der Waals surface area contributed by atoms with Crippen LogP contribution in [0.1, 0.15) is 20.3 Å². The van der Waals surface area contributed by atoms with Crippen LogP contribution in [0.5, 0.6) is 0 Å². The van der Waals surface area contributed by atoms with Crippen molar-refractivity contribution in [1.82, 2.24) is 9.97 Å². The monoisotopic (exact) mass is 320 g/mol. The normalized spacial score (nSPS) is 11.1. The van der Waals surface area contributed by atoms with Crippen LogP contribution in [0.25, 0.3) is 0 Å². The number of nitrogens with two attached hydrogens (primary N) is 1. The molecular formula is C9H13IN4O. The van der Waals surface area contributed by atoms with Crippen LogP contribution in [0.2, 0.25) is 0 Å². The minimum Gasteiger partial charge on any atom is -0.370 e. The zero-order chi connectivity index (χ0) is 11.5. The average molecular weight is 320 g/mol. The summed E-state index contributed by atoms with van der Waals surface area (Å²) >= 11 is 2.13. The number of rotatable bonds is 4. The lowest BCUT2D eigenvalue weighted by molar-refractivity contribution is -0.118. The molecule has 0 atom stereocenters. The minimum absolute atomic E-state index is 0.257.